The fourth-order valence-electron chi connectivity index (χ4n) is 2.81. The van der Waals surface area contributed by atoms with Gasteiger partial charge in [-0.1, -0.05) is 12.1 Å². The summed E-state index contributed by atoms with van der Waals surface area (Å²) in [5, 5.41) is 6.05. The van der Waals surface area contributed by atoms with Crippen molar-refractivity contribution in [3.05, 3.63) is 66.4 Å². The van der Waals surface area contributed by atoms with Gasteiger partial charge in [-0.15, -0.1) is 0 Å². The molecule has 7 heteroatoms. The van der Waals surface area contributed by atoms with Crippen molar-refractivity contribution in [3.63, 3.8) is 0 Å². The minimum absolute atomic E-state index is 0.190. The molecule has 0 radical (unpaired) electrons. The predicted octanol–water partition coefficient (Wildman–Crippen LogP) is 4.20. The van der Waals surface area contributed by atoms with E-state index in [1.54, 1.807) is 36.5 Å². The molecule has 28 heavy (non-hydrogen) atoms. The van der Waals surface area contributed by atoms with Crippen molar-refractivity contribution in [2.45, 2.75) is 6.92 Å². The zero-order valence-electron chi connectivity index (χ0n) is 15.3. The Morgan fingerprint density at radius 3 is 2.86 bits per heavy atom. The number of amides is 1. The van der Waals surface area contributed by atoms with Gasteiger partial charge in [0, 0.05) is 23.5 Å². The highest BCUT2D eigenvalue weighted by Crippen LogP contribution is 2.34. The lowest BCUT2D eigenvalue weighted by Gasteiger charge is -2.12. The van der Waals surface area contributed by atoms with Crippen molar-refractivity contribution in [1.29, 1.82) is 0 Å². The van der Waals surface area contributed by atoms with E-state index >= 15 is 0 Å². The van der Waals surface area contributed by atoms with Crippen molar-refractivity contribution in [2.75, 3.05) is 24.0 Å². The monoisotopic (exact) mass is 377 g/mol. The topological polar surface area (TPSA) is 81.7 Å². The number of carbonyl (C=O) groups is 1. The van der Waals surface area contributed by atoms with Crippen LogP contribution in [0.15, 0.2) is 60.8 Å². The number of rotatable bonds is 6. The molecule has 0 spiro atoms. The molecular weight excluding hydrogens is 358 g/mol. The van der Waals surface area contributed by atoms with E-state index in [1.165, 1.54) is 0 Å². The fraction of sp³-hybridized carbons (Fsp3) is 0.143. The highest BCUT2D eigenvalue weighted by molar-refractivity contribution is 6.04. The first kappa shape index (κ1) is 17.7. The number of nitrogens with zero attached hydrogens (tertiary/aromatic N) is 1. The Labute approximate surface area is 162 Å². The predicted molar refractivity (Wildman–Crippen MR) is 106 cm³/mol. The molecule has 4 rings (SSSR count). The van der Waals surface area contributed by atoms with Gasteiger partial charge in [0.05, 0.1) is 12.3 Å². The highest BCUT2D eigenvalue weighted by atomic mass is 16.7. The molecule has 2 aromatic carbocycles. The van der Waals surface area contributed by atoms with Gasteiger partial charge in [0.1, 0.15) is 11.6 Å². The maximum Gasteiger partial charge on any atom is 0.255 e. The standard InChI is InChI=1S/C21H19N3O4/c1-2-26-17-6-4-3-5-16(17)24-20-11-14(9-10-22-20)21(25)23-15-7-8-18-19(12-15)28-13-27-18/h3-12H,2,13H2,1H3,(H,22,24)(H,23,25). The summed E-state index contributed by atoms with van der Waals surface area (Å²) in [6.07, 6.45) is 1.58. The van der Waals surface area contributed by atoms with Gasteiger partial charge in [-0.25, -0.2) is 4.98 Å². The Bertz CT molecular complexity index is 1010. The van der Waals surface area contributed by atoms with Crippen LogP contribution in [0.3, 0.4) is 0 Å². The van der Waals surface area contributed by atoms with E-state index in [9.17, 15) is 4.79 Å². The van der Waals surface area contributed by atoms with Gasteiger partial charge in [-0.3, -0.25) is 4.79 Å². The van der Waals surface area contributed by atoms with Gasteiger partial charge in [-0.05, 0) is 43.3 Å². The summed E-state index contributed by atoms with van der Waals surface area (Å²) in [6, 6.07) is 16.2. The summed E-state index contributed by atoms with van der Waals surface area (Å²) in [7, 11) is 0. The smallest absolute Gasteiger partial charge is 0.255 e. The van der Waals surface area contributed by atoms with Gasteiger partial charge < -0.3 is 24.8 Å². The summed E-state index contributed by atoms with van der Waals surface area (Å²) < 4.78 is 16.2. The van der Waals surface area contributed by atoms with Gasteiger partial charge >= 0.3 is 0 Å². The Morgan fingerprint density at radius 1 is 1.11 bits per heavy atom. The molecule has 1 aliphatic rings. The third kappa shape index (κ3) is 3.83. The molecule has 0 bridgehead atoms. The molecule has 1 aromatic heterocycles. The lowest BCUT2D eigenvalue weighted by atomic mass is 10.2. The third-order valence-corrected chi connectivity index (χ3v) is 4.10. The number of benzene rings is 2. The van der Waals surface area contributed by atoms with E-state index in [-0.39, 0.29) is 12.7 Å². The van der Waals surface area contributed by atoms with Crippen molar-refractivity contribution in [2.24, 2.45) is 0 Å². The number of anilines is 3. The minimum atomic E-state index is -0.248. The summed E-state index contributed by atoms with van der Waals surface area (Å²) >= 11 is 0. The molecule has 1 amide bonds. The minimum Gasteiger partial charge on any atom is -0.492 e. The van der Waals surface area contributed by atoms with Gasteiger partial charge in [0.25, 0.3) is 5.91 Å². The lowest BCUT2D eigenvalue weighted by molar-refractivity contribution is 0.102. The normalized spacial score (nSPS) is 11.8. The molecular formula is C21H19N3O4. The Balaban J connectivity index is 1.50. The summed E-state index contributed by atoms with van der Waals surface area (Å²) in [5.41, 5.74) is 1.89. The fourth-order valence-corrected chi connectivity index (χ4v) is 2.81. The number of pyridine rings is 1. The van der Waals surface area contributed by atoms with Crippen LogP contribution in [-0.2, 0) is 0 Å². The van der Waals surface area contributed by atoms with E-state index in [0.29, 0.717) is 35.2 Å². The van der Waals surface area contributed by atoms with E-state index in [1.807, 2.05) is 31.2 Å². The number of nitrogens with one attached hydrogen (secondary N) is 2. The molecule has 0 saturated carbocycles. The van der Waals surface area contributed by atoms with Crippen LogP contribution in [0.1, 0.15) is 17.3 Å². The number of para-hydroxylation sites is 2. The maximum atomic E-state index is 12.6. The molecule has 2 heterocycles. The average molecular weight is 377 g/mol. The summed E-state index contributed by atoms with van der Waals surface area (Å²) in [6.45, 7) is 2.68. The van der Waals surface area contributed by atoms with E-state index in [2.05, 4.69) is 15.6 Å². The molecule has 0 atom stereocenters. The SMILES string of the molecule is CCOc1ccccc1Nc1cc(C(=O)Nc2ccc3c(c2)OCO3)ccn1. The van der Waals surface area contributed by atoms with Crippen molar-refractivity contribution < 1.29 is 19.0 Å². The van der Waals surface area contributed by atoms with Crippen LogP contribution in [0.2, 0.25) is 0 Å². The van der Waals surface area contributed by atoms with Crippen molar-refractivity contribution in [1.82, 2.24) is 4.98 Å². The zero-order valence-corrected chi connectivity index (χ0v) is 15.3. The average Bonchev–Trinajstić information content (AvgIpc) is 3.18. The second-order valence-electron chi connectivity index (χ2n) is 6.01. The first-order valence-electron chi connectivity index (χ1n) is 8.89. The Hall–Kier alpha value is -3.74. The summed E-state index contributed by atoms with van der Waals surface area (Å²) in [5.74, 6) is 2.30. The molecule has 3 aromatic rings. The van der Waals surface area contributed by atoms with Crippen molar-refractivity contribution in [3.8, 4) is 17.2 Å². The third-order valence-electron chi connectivity index (χ3n) is 4.10. The van der Waals surface area contributed by atoms with Crippen LogP contribution in [0.25, 0.3) is 0 Å². The maximum absolute atomic E-state index is 12.6. The van der Waals surface area contributed by atoms with E-state index < -0.39 is 0 Å². The number of ether oxygens (including phenoxy) is 3. The first-order chi connectivity index (χ1) is 13.7. The van der Waals surface area contributed by atoms with Crippen molar-refractivity contribution >= 4 is 23.1 Å². The molecule has 7 nitrogen and oxygen atoms in total. The lowest BCUT2D eigenvalue weighted by Crippen LogP contribution is -2.12. The largest absolute Gasteiger partial charge is 0.492 e. The molecule has 1 aliphatic heterocycles. The number of carbonyl (C=O) groups excluding carboxylic acids is 1. The molecule has 0 fully saturated rings. The van der Waals surface area contributed by atoms with Crippen LogP contribution < -0.4 is 24.8 Å². The van der Waals surface area contributed by atoms with Crippen LogP contribution in [0, 0.1) is 0 Å². The molecule has 2 N–H and O–H groups in total. The second-order valence-corrected chi connectivity index (χ2v) is 6.01. The molecule has 142 valence electrons. The zero-order chi connectivity index (χ0) is 19.3. The quantitative estimate of drug-likeness (QED) is 0.670. The Kier molecular flexibility index (Phi) is 4.97. The van der Waals surface area contributed by atoms with Crippen LogP contribution in [-0.4, -0.2) is 24.3 Å². The van der Waals surface area contributed by atoms with Gasteiger partial charge in [0.15, 0.2) is 11.5 Å². The van der Waals surface area contributed by atoms with E-state index in [4.69, 9.17) is 14.2 Å². The van der Waals surface area contributed by atoms with Crippen LogP contribution >= 0.6 is 0 Å². The summed E-state index contributed by atoms with van der Waals surface area (Å²) in [4.78, 5) is 16.9. The number of aromatic nitrogens is 1. The number of fused-ring (bicyclic) bond motifs is 1. The second kappa shape index (κ2) is 7.87. The Morgan fingerprint density at radius 2 is 1.96 bits per heavy atom. The highest BCUT2D eigenvalue weighted by Gasteiger charge is 2.15. The van der Waals surface area contributed by atoms with Crippen LogP contribution in [0.4, 0.5) is 17.2 Å². The molecule has 0 unspecified atom stereocenters. The number of hydrogen-bond acceptors (Lipinski definition) is 6. The van der Waals surface area contributed by atoms with E-state index in [0.717, 1.165) is 11.4 Å². The number of hydrogen-bond donors (Lipinski definition) is 2. The molecule has 0 saturated heterocycles. The first-order valence-corrected chi connectivity index (χ1v) is 8.89. The van der Waals surface area contributed by atoms with Gasteiger partial charge in [0.2, 0.25) is 6.79 Å². The molecule has 0 aliphatic carbocycles. The van der Waals surface area contributed by atoms with Gasteiger partial charge in [-0.2, -0.15) is 0 Å². The van der Waals surface area contributed by atoms with Crippen LogP contribution in [0.5, 0.6) is 17.2 Å².